The first-order valence-corrected chi connectivity index (χ1v) is 14.1. The van der Waals surface area contributed by atoms with Crippen molar-refractivity contribution in [2.75, 3.05) is 19.5 Å². The van der Waals surface area contributed by atoms with Crippen molar-refractivity contribution in [3.05, 3.63) is 24.0 Å². The molecule has 1 aliphatic heterocycles. The molecule has 202 valence electrons. The van der Waals surface area contributed by atoms with Gasteiger partial charge in [-0.25, -0.2) is 41.1 Å². The number of ether oxygens (including phenoxy) is 2. The van der Waals surface area contributed by atoms with E-state index in [1.54, 1.807) is 6.92 Å². The van der Waals surface area contributed by atoms with Gasteiger partial charge >= 0.3 is 6.09 Å². The quantitative estimate of drug-likeness (QED) is 0.519. The molecule has 1 saturated heterocycles. The van der Waals surface area contributed by atoms with E-state index in [1.165, 1.54) is 24.2 Å². The average Bonchev–Trinajstić information content (AvgIpc) is 3.46. The lowest BCUT2D eigenvalue weighted by molar-refractivity contribution is -0.0679. The minimum atomic E-state index is -3.58. The number of rotatable bonds is 9. The highest BCUT2D eigenvalue weighted by Gasteiger charge is 2.60. The Hall–Kier alpha value is -1.99. The van der Waals surface area contributed by atoms with Crippen LogP contribution < -0.4 is 4.72 Å². The molecule has 9 nitrogen and oxygen atoms in total. The summed E-state index contributed by atoms with van der Waals surface area (Å²) in [5.74, 6) is -2.67. The summed E-state index contributed by atoms with van der Waals surface area (Å²) in [4.78, 5) is 22.4. The Kier molecular flexibility index (Phi) is 7.55. The summed E-state index contributed by atoms with van der Waals surface area (Å²) in [7, 11) is -3.58. The third-order valence-corrected chi connectivity index (χ3v) is 8.38. The largest absolute Gasteiger partial charge is 0.443 e. The van der Waals surface area contributed by atoms with Crippen molar-refractivity contribution >= 4 is 16.1 Å². The van der Waals surface area contributed by atoms with E-state index < -0.39 is 59.0 Å². The molecule has 1 aromatic rings. The molecular weight excluding hydrogens is 501 g/mol. The molecule has 1 aromatic heterocycles. The zero-order chi connectivity index (χ0) is 26.3. The molecule has 3 aliphatic rings. The molecule has 36 heavy (non-hydrogen) atoms. The van der Waals surface area contributed by atoms with Crippen LogP contribution in [0.2, 0.25) is 0 Å². The monoisotopic (exact) mass is 534 g/mol. The Morgan fingerprint density at radius 2 is 2.00 bits per heavy atom. The molecule has 2 saturated carbocycles. The van der Waals surface area contributed by atoms with Gasteiger partial charge in [-0.2, -0.15) is 0 Å². The highest BCUT2D eigenvalue weighted by molar-refractivity contribution is 7.88. The molecule has 1 N–H and O–H groups in total. The lowest BCUT2D eigenvalue weighted by Gasteiger charge is -2.33. The fraction of sp³-hybridized carbons (Fsp3) is 0.783. The number of nitrogens with one attached hydrogen (secondary N) is 1. The van der Waals surface area contributed by atoms with E-state index in [1.807, 2.05) is 0 Å². The molecule has 13 heteroatoms. The van der Waals surface area contributed by atoms with Crippen LogP contribution in [0.5, 0.6) is 0 Å². The number of halogens is 3. The van der Waals surface area contributed by atoms with Gasteiger partial charge in [0.2, 0.25) is 10.0 Å². The van der Waals surface area contributed by atoms with Gasteiger partial charge in [-0.1, -0.05) is 6.92 Å². The fourth-order valence-electron chi connectivity index (χ4n) is 5.61. The normalized spacial score (nSPS) is 32.3. The number of likely N-dealkylation sites (tertiary alicyclic amines) is 1. The Morgan fingerprint density at radius 3 is 2.61 bits per heavy atom. The second kappa shape index (κ2) is 10.1. The van der Waals surface area contributed by atoms with E-state index in [9.17, 15) is 26.4 Å². The predicted molar refractivity (Wildman–Crippen MR) is 123 cm³/mol. The highest BCUT2D eigenvalue weighted by atomic mass is 32.2. The van der Waals surface area contributed by atoms with Crippen molar-refractivity contribution in [2.45, 2.75) is 87.9 Å². The third kappa shape index (κ3) is 5.94. The lowest BCUT2D eigenvalue weighted by Crippen LogP contribution is -2.51. The van der Waals surface area contributed by atoms with Crippen LogP contribution in [0.25, 0.3) is 0 Å². The van der Waals surface area contributed by atoms with Crippen LogP contribution in [0, 0.1) is 11.7 Å². The summed E-state index contributed by atoms with van der Waals surface area (Å²) in [5, 5.41) is 0. The smallest absolute Gasteiger partial charge is 0.410 e. The van der Waals surface area contributed by atoms with Gasteiger partial charge in [-0.3, -0.25) is 4.90 Å². The van der Waals surface area contributed by atoms with E-state index in [0.717, 1.165) is 25.5 Å². The first-order chi connectivity index (χ1) is 16.8. The number of fused-ring (bicyclic) bond motifs is 1. The Balaban J connectivity index is 1.40. The first-order valence-electron chi connectivity index (χ1n) is 12.2. The van der Waals surface area contributed by atoms with Crippen LogP contribution >= 0.6 is 0 Å². The van der Waals surface area contributed by atoms with Crippen LogP contribution in [-0.2, 0) is 24.9 Å². The van der Waals surface area contributed by atoms with Crippen LogP contribution in [0.4, 0.5) is 18.0 Å². The van der Waals surface area contributed by atoms with Crippen molar-refractivity contribution < 1.29 is 35.9 Å². The Labute approximate surface area is 209 Å². The summed E-state index contributed by atoms with van der Waals surface area (Å²) < 4.78 is 78.0. The van der Waals surface area contributed by atoms with Crippen LogP contribution in [-0.4, -0.2) is 79.0 Å². The van der Waals surface area contributed by atoms with Crippen molar-refractivity contribution in [3.8, 4) is 0 Å². The molecule has 6 atom stereocenters. The maximum atomic E-state index is 13.7. The number of sulfonamides is 1. The van der Waals surface area contributed by atoms with Gasteiger partial charge in [0.1, 0.15) is 5.82 Å². The van der Waals surface area contributed by atoms with Gasteiger partial charge in [0.05, 0.1) is 37.4 Å². The van der Waals surface area contributed by atoms with E-state index in [0.29, 0.717) is 24.6 Å². The number of carbonyl (C=O) groups is 1. The number of hydrogen-bond donors (Lipinski definition) is 1. The van der Waals surface area contributed by atoms with E-state index in [2.05, 4.69) is 14.7 Å². The molecular formula is C23H33F3N4O5S. The SMILES string of the molecule is CCC(F)(F)COC(=O)N1[C@H](C)C[C@H](NS(C)(=O)=O)[C@@H]1CO[C@H]1CC[C@@]2(c3ncc(F)cn3)C[C@H]2C1. The number of amides is 1. The summed E-state index contributed by atoms with van der Waals surface area (Å²) in [5.41, 5.74) is -0.157. The third-order valence-electron chi connectivity index (χ3n) is 7.65. The number of nitrogens with zero attached hydrogens (tertiary/aromatic N) is 3. The number of alkyl halides is 2. The topological polar surface area (TPSA) is 111 Å². The maximum Gasteiger partial charge on any atom is 0.410 e. The van der Waals surface area contributed by atoms with Crippen molar-refractivity contribution in [1.29, 1.82) is 0 Å². The highest BCUT2D eigenvalue weighted by Crippen LogP contribution is 2.61. The van der Waals surface area contributed by atoms with Crippen molar-refractivity contribution in [1.82, 2.24) is 19.6 Å². The van der Waals surface area contributed by atoms with E-state index in [-0.39, 0.29) is 18.1 Å². The lowest BCUT2D eigenvalue weighted by atomic mass is 9.86. The second-order valence-electron chi connectivity index (χ2n) is 10.3. The van der Waals surface area contributed by atoms with E-state index in [4.69, 9.17) is 9.47 Å². The summed E-state index contributed by atoms with van der Waals surface area (Å²) in [6, 6.07) is -1.77. The molecule has 2 aliphatic carbocycles. The van der Waals surface area contributed by atoms with Crippen molar-refractivity contribution in [2.24, 2.45) is 5.92 Å². The van der Waals surface area contributed by atoms with E-state index >= 15 is 0 Å². The summed E-state index contributed by atoms with van der Waals surface area (Å²) >= 11 is 0. The molecule has 0 unspecified atom stereocenters. The van der Waals surface area contributed by atoms with Crippen molar-refractivity contribution in [3.63, 3.8) is 0 Å². The minimum absolute atomic E-state index is 0.0359. The van der Waals surface area contributed by atoms with Crippen LogP contribution in [0.15, 0.2) is 12.4 Å². The second-order valence-corrected chi connectivity index (χ2v) is 12.1. The zero-order valence-corrected chi connectivity index (χ0v) is 21.4. The molecule has 3 fully saturated rings. The standard InChI is InChI=1S/C23H33F3N4O5S/c1-4-23(25,26)13-35-21(31)30-14(2)7-18(29-36(3,32)33)19(30)12-34-17-5-6-22(9-15(22)8-17)20-27-10-16(24)11-28-20/h10-11,14-15,17-19,29H,4-9,12-13H2,1-3H3/t14-,15-,17+,18+,19+,22-/m1/s1. The Morgan fingerprint density at radius 1 is 1.31 bits per heavy atom. The summed E-state index contributed by atoms with van der Waals surface area (Å²) in [6.45, 7) is 2.02. The van der Waals surface area contributed by atoms with Crippen LogP contribution in [0.3, 0.4) is 0 Å². The fourth-order valence-corrected chi connectivity index (χ4v) is 6.41. The maximum absolute atomic E-state index is 13.7. The average molecular weight is 535 g/mol. The van der Waals surface area contributed by atoms with Gasteiger partial charge in [0.15, 0.2) is 12.4 Å². The number of carbonyl (C=O) groups excluding carboxylic acids is 1. The summed E-state index contributed by atoms with van der Waals surface area (Å²) in [6.07, 6.45) is 5.29. The first kappa shape index (κ1) is 27.1. The van der Waals surface area contributed by atoms with Gasteiger partial charge < -0.3 is 9.47 Å². The minimum Gasteiger partial charge on any atom is -0.443 e. The zero-order valence-electron chi connectivity index (χ0n) is 20.6. The predicted octanol–water partition coefficient (Wildman–Crippen LogP) is 3.01. The molecule has 1 amide bonds. The Bertz CT molecular complexity index is 1060. The molecule has 0 aromatic carbocycles. The molecule has 4 rings (SSSR count). The molecule has 0 radical (unpaired) electrons. The number of hydrogen-bond acceptors (Lipinski definition) is 7. The van der Waals surface area contributed by atoms with Gasteiger partial charge in [0.25, 0.3) is 5.92 Å². The van der Waals surface area contributed by atoms with Crippen LogP contribution in [0.1, 0.15) is 58.2 Å². The number of aromatic nitrogens is 2. The van der Waals surface area contributed by atoms with Gasteiger partial charge in [-0.05, 0) is 44.9 Å². The molecule has 0 bridgehead atoms. The molecule has 0 spiro atoms. The molecule has 2 heterocycles. The van der Waals surface area contributed by atoms with Gasteiger partial charge in [-0.15, -0.1) is 0 Å². The van der Waals surface area contributed by atoms with Gasteiger partial charge in [0, 0.05) is 23.9 Å².